The number of fused-ring (bicyclic) bond motifs is 1. The molecule has 0 bridgehead atoms. The number of esters is 1. The van der Waals surface area contributed by atoms with Crippen LogP contribution in [0.25, 0.3) is 22.3 Å². The van der Waals surface area contributed by atoms with Gasteiger partial charge in [0, 0.05) is 18.3 Å². The Bertz CT molecular complexity index is 992. The molecule has 0 aliphatic carbocycles. The maximum Gasteiger partial charge on any atom is 0.339 e. The lowest BCUT2D eigenvalue weighted by molar-refractivity contribution is 0.0528. The number of aromatic nitrogens is 5. The predicted octanol–water partition coefficient (Wildman–Crippen LogP) is 3.38. The second kappa shape index (κ2) is 6.23. The van der Waals surface area contributed by atoms with E-state index in [1.165, 1.54) is 0 Å². The summed E-state index contributed by atoms with van der Waals surface area (Å²) in [4.78, 5) is 17.5. The van der Waals surface area contributed by atoms with Crippen LogP contribution in [0.3, 0.4) is 0 Å². The summed E-state index contributed by atoms with van der Waals surface area (Å²) in [5.41, 5.74) is 4.22. The van der Waals surface area contributed by atoms with Gasteiger partial charge in [-0.05, 0) is 47.6 Å². The van der Waals surface area contributed by atoms with Crippen LogP contribution in [0, 0.1) is 13.8 Å². The maximum absolute atomic E-state index is 12.6. The molecule has 0 N–H and O–H groups in total. The molecule has 26 heavy (non-hydrogen) atoms. The molecule has 3 aromatic heterocycles. The zero-order valence-corrected chi connectivity index (χ0v) is 16.4. The highest BCUT2D eigenvalue weighted by Gasteiger charge is 2.26. The minimum atomic E-state index is -0.362. The fourth-order valence-electron chi connectivity index (χ4n) is 3.01. The average molecular weight is 355 g/mol. The Hall–Kier alpha value is -2.70. The van der Waals surface area contributed by atoms with Gasteiger partial charge in [0.2, 0.25) is 0 Å². The van der Waals surface area contributed by atoms with Gasteiger partial charge in [-0.1, -0.05) is 0 Å². The summed E-state index contributed by atoms with van der Waals surface area (Å²) in [6.45, 7) is 12.2. The third kappa shape index (κ3) is 2.87. The van der Waals surface area contributed by atoms with Gasteiger partial charge in [0.05, 0.1) is 40.7 Å². The van der Waals surface area contributed by atoms with Crippen molar-refractivity contribution >= 4 is 17.0 Å². The number of ether oxygens (including phenoxy) is 1. The third-order valence-electron chi connectivity index (χ3n) is 4.45. The standard InChI is InChI=1S/C19H25N5O2/c1-8-26-18(25)13-9-15(14-10-20-23(7)12(14)3)21-17-16(13)11(2)22-24(17)19(4,5)6/h9-10H,8H2,1-7H3. The van der Waals surface area contributed by atoms with Crippen LogP contribution in [0.2, 0.25) is 0 Å². The van der Waals surface area contributed by atoms with Crippen molar-refractivity contribution in [2.24, 2.45) is 7.05 Å². The summed E-state index contributed by atoms with van der Waals surface area (Å²) >= 11 is 0. The number of hydrogen-bond donors (Lipinski definition) is 0. The van der Waals surface area contributed by atoms with E-state index in [4.69, 9.17) is 9.72 Å². The van der Waals surface area contributed by atoms with Crippen LogP contribution in [0.5, 0.6) is 0 Å². The first-order chi connectivity index (χ1) is 12.1. The molecule has 7 nitrogen and oxygen atoms in total. The Morgan fingerprint density at radius 2 is 1.96 bits per heavy atom. The summed E-state index contributed by atoms with van der Waals surface area (Å²) < 4.78 is 8.95. The van der Waals surface area contributed by atoms with E-state index in [9.17, 15) is 4.79 Å². The van der Waals surface area contributed by atoms with Crippen molar-refractivity contribution in [1.82, 2.24) is 24.5 Å². The normalized spacial score (nSPS) is 12.0. The molecule has 0 spiro atoms. The second-order valence-corrected chi connectivity index (χ2v) is 7.41. The molecule has 3 aromatic rings. The van der Waals surface area contributed by atoms with E-state index in [0.29, 0.717) is 23.5 Å². The lowest BCUT2D eigenvalue weighted by atomic mass is 10.1. The first-order valence-corrected chi connectivity index (χ1v) is 8.72. The van der Waals surface area contributed by atoms with Crippen LogP contribution in [0.15, 0.2) is 12.3 Å². The molecule has 3 heterocycles. The molecule has 0 unspecified atom stereocenters. The molecule has 0 aromatic carbocycles. The molecule has 7 heteroatoms. The highest BCUT2D eigenvalue weighted by molar-refractivity contribution is 6.05. The fraction of sp³-hybridized carbons (Fsp3) is 0.474. The first kappa shape index (κ1) is 18.1. The van der Waals surface area contributed by atoms with Gasteiger partial charge in [-0.2, -0.15) is 10.2 Å². The molecule has 0 fully saturated rings. The van der Waals surface area contributed by atoms with Crippen molar-refractivity contribution in [1.29, 1.82) is 0 Å². The number of pyridine rings is 1. The number of carbonyl (C=O) groups excluding carboxylic acids is 1. The minimum absolute atomic E-state index is 0.270. The van der Waals surface area contributed by atoms with Gasteiger partial charge in [-0.25, -0.2) is 14.5 Å². The number of nitrogens with zero attached hydrogens (tertiary/aromatic N) is 5. The van der Waals surface area contributed by atoms with Crippen LogP contribution in [-0.2, 0) is 17.3 Å². The van der Waals surface area contributed by atoms with E-state index in [1.54, 1.807) is 23.9 Å². The van der Waals surface area contributed by atoms with E-state index >= 15 is 0 Å². The van der Waals surface area contributed by atoms with Crippen molar-refractivity contribution in [2.45, 2.75) is 47.1 Å². The molecule has 0 amide bonds. The van der Waals surface area contributed by atoms with Crippen molar-refractivity contribution in [3.05, 3.63) is 29.2 Å². The summed E-state index contributed by atoms with van der Waals surface area (Å²) in [5, 5.41) is 9.69. The van der Waals surface area contributed by atoms with E-state index < -0.39 is 0 Å². The van der Waals surface area contributed by atoms with Gasteiger partial charge in [0.15, 0.2) is 5.65 Å². The number of carbonyl (C=O) groups is 1. The van der Waals surface area contributed by atoms with E-state index in [1.807, 2.05) is 25.6 Å². The summed E-state index contributed by atoms with van der Waals surface area (Å²) in [6, 6.07) is 1.78. The largest absolute Gasteiger partial charge is 0.462 e. The third-order valence-corrected chi connectivity index (χ3v) is 4.45. The Kier molecular flexibility index (Phi) is 4.34. The average Bonchev–Trinajstić information content (AvgIpc) is 3.07. The van der Waals surface area contributed by atoms with Crippen LogP contribution in [0.4, 0.5) is 0 Å². The molecular weight excluding hydrogens is 330 g/mol. The summed E-state index contributed by atoms with van der Waals surface area (Å²) in [7, 11) is 1.88. The van der Waals surface area contributed by atoms with E-state index in [0.717, 1.165) is 22.3 Å². The molecule has 0 saturated heterocycles. The summed E-state index contributed by atoms with van der Waals surface area (Å²) in [6.07, 6.45) is 1.77. The van der Waals surface area contributed by atoms with Gasteiger partial charge in [-0.15, -0.1) is 0 Å². The molecule has 138 valence electrons. The van der Waals surface area contributed by atoms with E-state index in [-0.39, 0.29) is 11.5 Å². The lowest BCUT2D eigenvalue weighted by Crippen LogP contribution is -2.23. The van der Waals surface area contributed by atoms with Crippen molar-refractivity contribution in [3.8, 4) is 11.3 Å². The lowest BCUT2D eigenvalue weighted by Gasteiger charge is -2.20. The SMILES string of the molecule is CCOC(=O)c1cc(-c2cnn(C)c2C)nc2c1c(C)nn2C(C)(C)C. The Morgan fingerprint density at radius 3 is 2.50 bits per heavy atom. The highest BCUT2D eigenvalue weighted by atomic mass is 16.5. The van der Waals surface area contributed by atoms with Crippen LogP contribution in [0.1, 0.15) is 49.4 Å². The second-order valence-electron chi connectivity index (χ2n) is 7.41. The predicted molar refractivity (Wildman–Crippen MR) is 100 cm³/mol. The molecule has 0 aliphatic heterocycles. The number of hydrogen-bond acceptors (Lipinski definition) is 5. The van der Waals surface area contributed by atoms with Crippen LogP contribution in [-0.4, -0.2) is 37.1 Å². The summed E-state index contributed by atoms with van der Waals surface area (Å²) in [5.74, 6) is -0.362. The molecule has 0 atom stereocenters. The Balaban J connectivity index is 2.38. The smallest absolute Gasteiger partial charge is 0.339 e. The van der Waals surface area contributed by atoms with Crippen molar-refractivity contribution < 1.29 is 9.53 Å². The van der Waals surface area contributed by atoms with Gasteiger partial charge < -0.3 is 4.74 Å². The number of aryl methyl sites for hydroxylation is 2. The van der Waals surface area contributed by atoms with Crippen molar-refractivity contribution in [2.75, 3.05) is 6.61 Å². The fourth-order valence-corrected chi connectivity index (χ4v) is 3.01. The first-order valence-electron chi connectivity index (χ1n) is 8.72. The quantitative estimate of drug-likeness (QED) is 0.673. The Morgan fingerprint density at radius 1 is 1.27 bits per heavy atom. The zero-order valence-electron chi connectivity index (χ0n) is 16.4. The molecule has 0 aliphatic rings. The van der Waals surface area contributed by atoms with Crippen molar-refractivity contribution in [3.63, 3.8) is 0 Å². The highest BCUT2D eigenvalue weighted by Crippen LogP contribution is 2.31. The maximum atomic E-state index is 12.6. The number of rotatable bonds is 3. The molecule has 0 radical (unpaired) electrons. The van der Waals surface area contributed by atoms with Gasteiger partial charge in [0.1, 0.15) is 0 Å². The molecule has 0 saturated carbocycles. The minimum Gasteiger partial charge on any atom is -0.462 e. The van der Waals surface area contributed by atoms with Crippen LogP contribution >= 0.6 is 0 Å². The van der Waals surface area contributed by atoms with Gasteiger partial charge in [-0.3, -0.25) is 4.68 Å². The monoisotopic (exact) mass is 355 g/mol. The Labute approximate surface area is 153 Å². The van der Waals surface area contributed by atoms with Gasteiger partial charge >= 0.3 is 5.97 Å². The van der Waals surface area contributed by atoms with Gasteiger partial charge in [0.25, 0.3) is 0 Å². The topological polar surface area (TPSA) is 74.8 Å². The van der Waals surface area contributed by atoms with Crippen LogP contribution < -0.4 is 0 Å². The van der Waals surface area contributed by atoms with E-state index in [2.05, 4.69) is 31.0 Å². The molecular formula is C19H25N5O2. The molecule has 3 rings (SSSR count). The zero-order chi connectivity index (χ0) is 19.2.